The molecule has 0 atom stereocenters. The Morgan fingerprint density at radius 3 is 2.53 bits per heavy atom. The van der Waals surface area contributed by atoms with E-state index in [1.807, 2.05) is 0 Å². The van der Waals surface area contributed by atoms with Gasteiger partial charge in [0.1, 0.15) is 11.4 Å². The molecule has 10 heteroatoms. The number of nitrogens with one attached hydrogen (secondary N) is 1. The van der Waals surface area contributed by atoms with E-state index in [2.05, 4.69) is 10.3 Å². The Bertz CT molecular complexity index is 832. The minimum absolute atomic E-state index is 0.111. The smallest absolute Gasteiger partial charge is 0.282 e. The average molecular weight is 424 g/mol. The van der Waals surface area contributed by atoms with Gasteiger partial charge < -0.3 is 24.6 Å². The molecule has 30 heavy (non-hydrogen) atoms. The van der Waals surface area contributed by atoms with Gasteiger partial charge in [-0.05, 0) is 30.9 Å². The number of carbonyl (C=O) groups is 2. The maximum absolute atomic E-state index is 13.3. The van der Waals surface area contributed by atoms with Gasteiger partial charge >= 0.3 is 0 Å². The number of pyridine rings is 1. The van der Waals surface area contributed by atoms with Crippen molar-refractivity contribution >= 4 is 17.5 Å². The first-order valence-corrected chi connectivity index (χ1v) is 10.0. The highest BCUT2D eigenvalue weighted by Gasteiger charge is 2.46. The van der Waals surface area contributed by atoms with Gasteiger partial charge in [-0.25, -0.2) is 13.8 Å². The van der Waals surface area contributed by atoms with E-state index in [-0.39, 0.29) is 37.1 Å². The summed E-state index contributed by atoms with van der Waals surface area (Å²) in [5.74, 6) is -2.66. The van der Waals surface area contributed by atoms with Crippen molar-refractivity contribution in [2.75, 3.05) is 51.9 Å². The Hall–Kier alpha value is -2.49. The van der Waals surface area contributed by atoms with Crippen molar-refractivity contribution in [3.05, 3.63) is 17.8 Å². The van der Waals surface area contributed by atoms with Gasteiger partial charge in [-0.3, -0.25) is 9.59 Å². The number of alkyl halides is 2. The molecular weight excluding hydrogens is 398 g/mol. The molecule has 1 aliphatic carbocycles. The van der Waals surface area contributed by atoms with E-state index in [1.165, 1.54) is 15.9 Å². The normalized spacial score (nSPS) is 21.3. The van der Waals surface area contributed by atoms with Crippen LogP contribution in [-0.4, -0.2) is 80.2 Å². The lowest BCUT2D eigenvalue weighted by atomic mass is 9.92. The number of hydrogen-bond acceptors (Lipinski definition) is 6. The summed E-state index contributed by atoms with van der Waals surface area (Å²) in [6, 6.07) is 3.08. The minimum Gasteiger partial charge on any atom is -0.476 e. The Morgan fingerprint density at radius 1 is 1.30 bits per heavy atom. The van der Waals surface area contributed by atoms with Crippen molar-refractivity contribution in [2.45, 2.75) is 30.7 Å². The summed E-state index contributed by atoms with van der Waals surface area (Å²) in [4.78, 5) is 32.2. The Labute approximate surface area is 173 Å². The summed E-state index contributed by atoms with van der Waals surface area (Å²) >= 11 is 0. The van der Waals surface area contributed by atoms with Gasteiger partial charge in [0.2, 0.25) is 11.8 Å². The highest BCUT2D eigenvalue weighted by atomic mass is 19.3. The first-order valence-electron chi connectivity index (χ1n) is 10.0. The summed E-state index contributed by atoms with van der Waals surface area (Å²) in [5.41, 5.74) is -0.198. The monoisotopic (exact) mass is 424 g/mol. The third-order valence-corrected chi connectivity index (χ3v) is 5.53. The van der Waals surface area contributed by atoms with E-state index < -0.39 is 30.5 Å². The quantitative estimate of drug-likeness (QED) is 0.678. The summed E-state index contributed by atoms with van der Waals surface area (Å²) in [6.07, 6.45) is 2.26. The van der Waals surface area contributed by atoms with Gasteiger partial charge in [0.05, 0.1) is 44.9 Å². The third-order valence-electron chi connectivity index (χ3n) is 5.53. The first kappa shape index (κ1) is 20.8. The van der Waals surface area contributed by atoms with Crippen LogP contribution in [0.2, 0.25) is 0 Å². The van der Waals surface area contributed by atoms with E-state index in [4.69, 9.17) is 9.47 Å². The predicted octanol–water partition coefficient (Wildman–Crippen LogP) is 1.30. The molecular formula is C20H26F2N4O4. The molecule has 0 bridgehead atoms. The third kappa shape index (κ3) is 4.48. The van der Waals surface area contributed by atoms with Crippen molar-refractivity contribution in [3.63, 3.8) is 0 Å². The highest BCUT2D eigenvalue weighted by molar-refractivity contribution is 5.94. The summed E-state index contributed by atoms with van der Waals surface area (Å²) in [6.45, 7) is 0.138. The SMILES string of the molecule is CN(C)C(=O)CC1(NC(=O)c2ccc(N3CC(F)(F)C3)c(OCC3CC3)n2)COC1. The lowest BCUT2D eigenvalue weighted by Gasteiger charge is -2.42. The number of carbonyl (C=O) groups excluding carboxylic acids is 2. The predicted molar refractivity (Wildman–Crippen MR) is 104 cm³/mol. The number of aromatic nitrogens is 1. The molecule has 0 unspecified atom stereocenters. The number of halogens is 2. The fraction of sp³-hybridized carbons (Fsp3) is 0.650. The molecule has 0 spiro atoms. The number of anilines is 1. The van der Waals surface area contributed by atoms with Gasteiger partial charge in [0.15, 0.2) is 0 Å². The molecule has 1 aromatic rings. The van der Waals surface area contributed by atoms with E-state index in [1.54, 1.807) is 20.2 Å². The van der Waals surface area contributed by atoms with Crippen LogP contribution < -0.4 is 15.0 Å². The molecule has 0 radical (unpaired) electrons. The van der Waals surface area contributed by atoms with Crippen LogP contribution >= 0.6 is 0 Å². The van der Waals surface area contributed by atoms with Crippen LogP contribution in [0.3, 0.4) is 0 Å². The van der Waals surface area contributed by atoms with Gasteiger partial charge in [-0.15, -0.1) is 0 Å². The average Bonchev–Trinajstić information content (AvgIpc) is 3.46. The van der Waals surface area contributed by atoms with Crippen LogP contribution in [0.5, 0.6) is 5.88 Å². The van der Waals surface area contributed by atoms with Crippen molar-refractivity contribution in [1.29, 1.82) is 0 Å². The maximum atomic E-state index is 13.3. The van der Waals surface area contributed by atoms with Crippen molar-refractivity contribution < 1.29 is 27.8 Å². The summed E-state index contributed by atoms with van der Waals surface area (Å²) in [5, 5.41) is 2.86. The van der Waals surface area contributed by atoms with E-state index in [0.717, 1.165) is 12.8 Å². The minimum atomic E-state index is -2.72. The molecule has 1 aromatic heterocycles. The van der Waals surface area contributed by atoms with Crippen molar-refractivity contribution in [2.24, 2.45) is 5.92 Å². The van der Waals surface area contributed by atoms with Crippen molar-refractivity contribution in [3.8, 4) is 5.88 Å². The Morgan fingerprint density at radius 2 is 2.00 bits per heavy atom. The Balaban J connectivity index is 1.49. The van der Waals surface area contributed by atoms with E-state index >= 15 is 0 Å². The molecule has 3 aliphatic rings. The molecule has 2 aliphatic heterocycles. The van der Waals surface area contributed by atoms with Gasteiger partial charge in [-0.2, -0.15) is 0 Å². The molecule has 2 saturated heterocycles. The lowest BCUT2D eigenvalue weighted by Crippen LogP contribution is -2.63. The van der Waals surface area contributed by atoms with Crippen molar-refractivity contribution in [1.82, 2.24) is 15.2 Å². The highest BCUT2D eigenvalue weighted by Crippen LogP contribution is 2.38. The Kier molecular flexibility index (Phi) is 5.29. The van der Waals surface area contributed by atoms with Gasteiger partial charge in [-0.1, -0.05) is 0 Å². The molecule has 3 heterocycles. The van der Waals surface area contributed by atoms with E-state index in [0.29, 0.717) is 18.2 Å². The molecule has 4 rings (SSSR count). The van der Waals surface area contributed by atoms with Crippen LogP contribution in [0.15, 0.2) is 12.1 Å². The second-order valence-corrected chi connectivity index (χ2v) is 8.68. The zero-order valence-corrected chi connectivity index (χ0v) is 17.1. The zero-order valence-electron chi connectivity index (χ0n) is 17.1. The van der Waals surface area contributed by atoms with Crippen LogP contribution in [0.4, 0.5) is 14.5 Å². The number of amides is 2. The number of ether oxygens (including phenoxy) is 2. The second-order valence-electron chi connectivity index (χ2n) is 8.68. The van der Waals surface area contributed by atoms with Crippen LogP contribution in [-0.2, 0) is 9.53 Å². The molecule has 164 valence electrons. The molecule has 1 N–H and O–H groups in total. The van der Waals surface area contributed by atoms with Crippen LogP contribution in [0.25, 0.3) is 0 Å². The fourth-order valence-electron chi connectivity index (χ4n) is 3.39. The number of hydrogen-bond donors (Lipinski definition) is 1. The fourth-order valence-corrected chi connectivity index (χ4v) is 3.39. The molecule has 2 amide bonds. The standard InChI is InChI=1S/C20H26F2N4O4/c1-25(2)16(27)7-19(11-29-12-19)24-17(28)14-5-6-15(26-9-20(21,22)10-26)18(23-14)30-8-13-3-4-13/h5-6,13H,3-4,7-12H2,1-2H3,(H,24,28). The van der Waals surface area contributed by atoms with Crippen LogP contribution in [0, 0.1) is 5.92 Å². The zero-order chi connectivity index (χ0) is 21.5. The summed E-state index contributed by atoms with van der Waals surface area (Å²) < 4.78 is 37.7. The summed E-state index contributed by atoms with van der Waals surface area (Å²) in [7, 11) is 3.31. The molecule has 0 aromatic carbocycles. The first-order chi connectivity index (χ1) is 14.2. The van der Waals surface area contributed by atoms with Gasteiger partial charge in [0.25, 0.3) is 11.8 Å². The number of nitrogens with zero attached hydrogens (tertiary/aromatic N) is 3. The molecule has 8 nitrogen and oxygen atoms in total. The van der Waals surface area contributed by atoms with Crippen LogP contribution in [0.1, 0.15) is 29.8 Å². The second kappa shape index (κ2) is 7.64. The number of rotatable bonds is 8. The maximum Gasteiger partial charge on any atom is 0.282 e. The van der Waals surface area contributed by atoms with Gasteiger partial charge in [0, 0.05) is 14.1 Å². The van der Waals surface area contributed by atoms with E-state index in [9.17, 15) is 18.4 Å². The molecule has 1 saturated carbocycles. The molecule has 3 fully saturated rings. The lowest BCUT2D eigenvalue weighted by molar-refractivity contribution is -0.137. The largest absolute Gasteiger partial charge is 0.476 e. The topological polar surface area (TPSA) is 84.0 Å².